The number of hydrogen-bond donors (Lipinski definition) is 4. The summed E-state index contributed by atoms with van der Waals surface area (Å²) in [7, 11) is 1.32. The largest absolute Gasteiger partial charge is 0.453 e. The van der Waals surface area contributed by atoms with Crippen molar-refractivity contribution in [2.24, 2.45) is 17.8 Å². The molecule has 3 amide bonds. The van der Waals surface area contributed by atoms with Crippen LogP contribution in [-0.2, 0) is 9.47 Å². The van der Waals surface area contributed by atoms with E-state index in [0.29, 0.717) is 43.4 Å². The lowest BCUT2D eigenvalue weighted by Gasteiger charge is -2.39. The van der Waals surface area contributed by atoms with Crippen LogP contribution in [0.4, 0.5) is 9.59 Å². The fourth-order valence-corrected chi connectivity index (χ4v) is 6.45. The number of nitrogens with zero attached hydrogens (tertiary/aromatic N) is 1. The Balaban J connectivity index is 1.69. The number of piperidine rings is 1. The van der Waals surface area contributed by atoms with Gasteiger partial charge in [-0.05, 0) is 55.2 Å². The molecule has 10 heteroatoms. The monoisotopic (exact) mass is 595 g/mol. The van der Waals surface area contributed by atoms with Crippen LogP contribution in [0, 0.1) is 17.8 Å². The lowest BCUT2D eigenvalue weighted by atomic mass is 9.82. The van der Waals surface area contributed by atoms with E-state index in [0.717, 1.165) is 31.2 Å². The molecular weight excluding hydrogens is 546 g/mol. The van der Waals surface area contributed by atoms with Crippen LogP contribution in [0.1, 0.15) is 83.3 Å². The Morgan fingerprint density at radius 3 is 2.56 bits per heavy atom. The SMILES string of the molecule is COC(=O)NCCO[C@@H](c1cccc(Cl)c1)C1CCCN(C(=O)N[C@@H](CC2CCCCC2)[C@@H](O)[C@@H](O)CC(C)C)C1. The number of rotatable bonds is 13. The molecule has 41 heavy (non-hydrogen) atoms. The van der Waals surface area contributed by atoms with Gasteiger partial charge in [0.25, 0.3) is 0 Å². The summed E-state index contributed by atoms with van der Waals surface area (Å²) >= 11 is 6.30. The lowest BCUT2D eigenvalue weighted by Crippen LogP contribution is -2.55. The van der Waals surface area contributed by atoms with Gasteiger partial charge in [0.15, 0.2) is 0 Å². The summed E-state index contributed by atoms with van der Waals surface area (Å²) in [6, 6.07) is 6.81. The zero-order chi connectivity index (χ0) is 29.8. The first kappa shape index (κ1) is 33.4. The van der Waals surface area contributed by atoms with E-state index < -0.39 is 24.3 Å². The molecule has 4 N–H and O–H groups in total. The molecular formula is C31H50ClN3O6. The molecule has 2 aliphatic rings. The molecule has 0 aromatic heterocycles. The van der Waals surface area contributed by atoms with Crippen LogP contribution in [0.25, 0.3) is 0 Å². The third-order valence-electron chi connectivity index (χ3n) is 8.34. The fourth-order valence-electron chi connectivity index (χ4n) is 6.25. The predicted molar refractivity (Wildman–Crippen MR) is 160 cm³/mol. The van der Waals surface area contributed by atoms with Crippen molar-refractivity contribution in [2.45, 2.75) is 96.0 Å². The van der Waals surface area contributed by atoms with Gasteiger partial charge >= 0.3 is 12.1 Å². The Hall–Kier alpha value is -2.07. The standard InChI is InChI=1S/C31H50ClN3O6/c1-21(2)17-27(36)28(37)26(18-22-9-5-4-6-10-22)34-30(38)35-15-8-12-24(20-35)29(23-11-7-13-25(32)19-23)41-16-14-33-31(39)40-3/h7,11,13,19,21-22,24,26-29,36-37H,4-6,8-10,12,14-18,20H2,1-3H3,(H,33,39)(H,34,38)/t24?,26-,27-,28+,29-/m0/s1. The van der Waals surface area contributed by atoms with E-state index in [9.17, 15) is 19.8 Å². The first-order valence-electron chi connectivity index (χ1n) is 15.3. The van der Waals surface area contributed by atoms with Gasteiger partial charge in [0.2, 0.25) is 0 Å². The van der Waals surface area contributed by atoms with Crippen molar-refractivity contribution in [2.75, 3.05) is 33.4 Å². The van der Waals surface area contributed by atoms with Gasteiger partial charge in [0.1, 0.15) is 6.10 Å². The average molecular weight is 596 g/mol. The number of hydrogen-bond acceptors (Lipinski definition) is 6. The number of aliphatic hydroxyl groups excluding tert-OH is 2. The maximum atomic E-state index is 13.6. The number of halogens is 1. The number of likely N-dealkylation sites (tertiary alicyclic amines) is 1. The third-order valence-corrected chi connectivity index (χ3v) is 8.58. The Morgan fingerprint density at radius 2 is 1.88 bits per heavy atom. The minimum absolute atomic E-state index is 0.0133. The summed E-state index contributed by atoms with van der Waals surface area (Å²) in [6.07, 6.45) is 5.83. The maximum Gasteiger partial charge on any atom is 0.406 e. The van der Waals surface area contributed by atoms with Crippen LogP contribution in [0.5, 0.6) is 0 Å². The van der Waals surface area contributed by atoms with Crippen LogP contribution in [0.3, 0.4) is 0 Å². The summed E-state index contributed by atoms with van der Waals surface area (Å²) in [5.74, 6) is 0.683. The van der Waals surface area contributed by atoms with Crippen molar-refractivity contribution in [3.63, 3.8) is 0 Å². The molecule has 0 spiro atoms. The number of ether oxygens (including phenoxy) is 2. The molecule has 2 fully saturated rings. The summed E-state index contributed by atoms with van der Waals surface area (Å²) in [5.41, 5.74) is 0.922. The Morgan fingerprint density at radius 1 is 1.12 bits per heavy atom. The zero-order valence-electron chi connectivity index (χ0n) is 24.9. The minimum Gasteiger partial charge on any atom is -0.453 e. The van der Waals surface area contributed by atoms with Crippen molar-refractivity contribution in [3.8, 4) is 0 Å². The van der Waals surface area contributed by atoms with Crippen molar-refractivity contribution in [1.29, 1.82) is 0 Å². The van der Waals surface area contributed by atoms with E-state index in [1.807, 2.05) is 38.1 Å². The molecule has 1 aliphatic heterocycles. The lowest BCUT2D eigenvalue weighted by molar-refractivity contribution is -0.0213. The highest BCUT2D eigenvalue weighted by atomic mass is 35.5. The molecule has 1 aromatic carbocycles. The molecule has 232 valence electrons. The summed E-state index contributed by atoms with van der Waals surface area (Å²) in [4.78, 5) is 26.9. The number of alkyl carbamates (subject to hydrolysis) is 1. The number of benzene rings is 1. The van der Waals surface area contributed by atoms with Crippen LogP contribution in [-0.4, -0.2) is 78.8 Å². The molecule has 5 atom stereocenters. The molecule has 0 bridgehead atoms. The number of nitrogens with one attached hydrogen (secondary N) is 2. The summed E-state index contributed by atoms with van der Waals surface area (Å²) < 4.78 is 10.9. The van der Waals surface area contributed by atoms with E-state index in [1.54, 1.807) is 4.90 Å². The number of carbonyl (C=O) groups excluding carboxylic acids is 2. The zero-order valence-corrected chi connectivity index (χ0v) is 25.7. The number of aliphatic hydroxyl groups is 2. The first-order valence-corrected chi connectivity index (χ1v) is 15.7. The molecule has 3 rings (SSSR count). The third kappa shape index (κ3) is 10.9. The highest BCUT2D eigenvalue weighted by Crippen LogP contribution is 2.34. The number of urea groups is 1. The van der Waals surface area contributed by atoms with Gasteiger partial charge in [0, 0.05) is 30.6 Å². The van der Waals surface area contributed by atoms with Crippen LogP contribution in [0.2, 0.25) is 5.02 Å². The predicted octanol–water partition coefficient (Wildman–Crippen LogP) is 5.28. The number of amides is 3. The second-order valence-electron chi connectivity index (χ2n) is 12.1. The second kappa shape index (κ2) is 17.1. The van der Waals surface area contributed by atoms with Crippen LogP contribution < -0.4 is 10.6 Å². The minimum atomic E-state index is -1.02. The quantitative estimate of drug-likeness (QED) is 0.230. The highest BCUT2D eigenvalue weighted by molar-refractivity contribution is 6.30. The highest BCUT2D eigenvalue weighted by Gasteiger charge is 2.35. The van der Waals surface area contributed by atoms with Gasteiger partial charge in [-0.2, -0.15) is 0 Å². The molecule has 1 unspecified atom stereocenters. The smallest absolute Gasteiger partial charge is 0.406 e. The number of methoxy groups -OCH3 is 1. The Labute approximate surface area is 250 Å². The molecule has 1 aromatic rings. The normalized spacial score (nSPS) is 21.1. The van der Waals surface area contributed by atoms with Gasteiger partial charge in [0.05, 0.1) is 32.0 Å². The van der Waals surface area contributed by atoms with E-state index >= 15 is 0 Å². The fraction of sp³-hybridized carbons (Fsp3) is 0.742. The van der Waals surface area contributed by atoms with Gasteiger partial charge in [-0.3, -0.25) is 0 Å². The number of carbonyl (C=O) groups is 2. The van der Waals surface area contributed by atoms with Crippen LogP contribution in [0.15, 0.2) is 24.3 Å². The van der Waals surface area contributed by atoms with Crippen molar-refractivity contribution < 1.29 is 29.3 Å². The summed E-state index contributed by atoms with van der Waals surface area (Å²) in [6.45, 7) is 5.69. The molecule has 0 radical (unpaired) electrons. The first-order chi connectivity index (χ1) is 19.7. The van der Waals surface area contributed by atoms with Gasteiger partial charge in [-0.1, -0.05) is 69.7 Å². The molecule has 1 saturated heterocycles. The van der Waals surface area contributed by atoms with Crippen molar-refractivity contribution in [1.82, 2.24) is 15.5 Å². The van der Waals surface area contributed by atoms with Gasteiger partial charge < -0.3 is 35.2 Å². The molecule has 1 saturated carbocycles. The maximum absolute atomic E-state index is 13.6. The molecule has 1 aliphatic carbocycles. The van der Waals surface area contributed by atoms with E-state index in [-0.39, 0.29) is 30.6 Å². The Kier molecular flexibility index (Phi) is 14.0. The van der Waals surface area contributed by atoms with Gasteiger partial charge in [-0.15, -0.1) is 0 Å². The molecule has 1 heterocycles. The molecule has 9 nitrogen and oxygen atoms in total. The second-order valence-corrected chi connectivity index (χ2v) is 12.5. The van der Waals surface area contributed by atoms with E-state index in [1.165, 1.54) is 26.4 Å². The van der Waals surface area contributed by atoms with E-state index in [2.05, 4.69) is 15.4 Å². The average Bonchev–Trinajstić information content (AvgIpc) is 2.96. The van der Waals surface area contributed by atoms with Crippen molar-refractivity contribution >= 4 is 23.7 Å². The topological polar surface area (TPSA) is 120 Å². The van der Waals surface area contributed by atoms with E-state index in [4.69, 9.17) is 16.3 Å². The summed E-state index contributed by atoms with van der Waals surface area (Å²) in [5, 5.41) is 28.3. The van der Waals surface area contributed by atoms with Crippen LogP contribution >= 0.6 is 11.6 Å². The van der Waals surface area contributed by atoms with Crippen molar-refractivity contribution in [3.05, 3.63) is 34.9 Å². The Bertz CT molecular complexity index is 944. The van der Waals surface area contributed by atoms with Gasteiger partial charge in [-0.25, -0.2) is 9.59 Å².